The van der Waals surface area contributed by atoms with Gasteiger partial charge in [0.25, 0.3) is 0 Å². The molecule has 1 amide bonds. The zero-order chi connectivity index (χ0) is 20.5. The van der Waals surface area contributed by atoms with Crippen molar-refractivity contribution in [1.29, 1.82) is 0 Å². The van der Waals surface area contributed by atoms with Crippen molar-refractivity contribution < 1.29 is 13.9 Å². The molecule has 3 heterocycles. The van der Waals surface area contributed by atoms with Crippen molar-refractivity contribution in [2.24, 2.45) is 0 Å². The molecular weight excluding hydrogens is 397 g/mol. The number of amides is 1. The van der Waals surface area contributed by atoms with Crippen molar-refractivity contribution in [3.63, 3.8) is 0 Å². The fourth-order valence-electron chi connectivity index (χ4n) is 3.46. The first-order chi connectivity index (χ1) is 13.9. The maximum Gasteiger partial charge on any atom is 0.237 e. The average molecular weight is 418 g/mol. The highest BCUT2D eigenvalue weighted by Crippen LogP contribution is 2.26. The Balaban J connectivity index is 1.82. The molecule has 152 valence electrons. The summed E-state index contributed by atoms with van der Waals surface area (Å²) >= 11 is 5.83. The number of fused-ring (bicyclic) bond motifs is 2. The Hall–Kier alpha value is -2.87. The van der Waals surface area contributed by atoms with Crippen LogP contribution in [0.25, 0.3) is 5.65 Å². The number of aromatic nitrogens is 3. The van der Waals surface area contributed by atoms with E-state index in [9.17, 15) is 9.18 Å². The number of anilines is 1. The van der Waals surface area contributed by atoms with Crippen molar-refractivity contribution in [2.75, 3.05) is 24.4 Å². The smallest absolute Gasteiger partial charge is 0.237 e. The summed E-state index contributed by atoms with van der Waals surface area (Å²) in [5.41, 5.74) is 2.17. The Bertz CT molecular complexity index is 1060. The number of ether oxygens (including phenoxy) is 1. The lowest BCUT2D eigenvalue weighted by Crippen LogP contribution is -2.39. The van der Waals surface area contributed by atoms with Crippen molar-refractivity contribution in [2.45, 2.75) is 26.1 Å². The molecule has 7 nitrogen and oxygen atoms in total. The van der Waals surface area contributed by atoms with Gasteiger partial charge in [0.05, 0.1) is 19.3 Å². The van der Waals surface area contributed by atoms with E-state index < -0.39 is 0 Å². The number of nitrogens with zero attached hydrogens (tertiary/aromatic N) is 5. The predicted molar refractivity (Wildman–Crippen MR) is 108 cm³/mol. The molecule has 0 saturated carbocycles. The molecule has 3 aromatic rings. The molecule has 4 rings (SSSR count). The summed E-state index contributed by atoms with van der Waals surface area (Å²) < 4.78 is 21.7. The van der Waals surface area contributed by atoms with Crippen LogP contribution in [-0.2, 0) is 17.9 Å². The first-order valence-electron chi connectivity index (χ1n) is 9.28. The van der Waals surface area contributed by atoms with Gasteiger partial charge in [-0.15, -0.1) is 11.6 Å². The zero-order valence-electron chi connectivity index (χ0n) is 16.2. The summed E-state index contributed by atoms with van der Waals surface area (Å²) in [6, 6.07) is 6.29. The molecule has 9 heteroatoms. The lowest BCUT2D eigenvalue weighted by molar-refractivity contribution is -0.130. The van der Waals surface area contributed by atoms with Crippen molar-refractivity contribution in [3.05, 3.63) is 53.6 Å². The molecule has 2 bridgehead atoms. The van der Waals surface area contributed by atoms with E-state index >= 15 is 0 Å². The number of hydrogen-bond acceptors (Lipinski definition) is 5. The summed E-state index contributed by atoms with van der Waals surface area (Å²) in [7, 11) is 1.88. The second kappa shape index (κ2) is 7.87. The molecule has 0 spiro atoms. The Kier molecular flexibility index (Phi) is 5.27. The van der Waals surface area contributed by atoms with Crippen LogP contribution in [0, 0.1) is 5.82 Å². The molecule has 1 aliphatic rings. The third kappa shape index (κ3) is 3.98. The molecule has 0 fully saturated rings. The standard InChI is InChI=1S/C20H21ClFN5O2/c1-13-10-26(19(28)8-21)12-15-9-23-27-6-5-18(24-20(15)27)25(2)11-14-7-16(22)3-4-17(14)29-13/h3-7,9,13H,8,10-12H2,1-2H3/t13-/m0/s1. The molecule has 0 aliphatic carbocycles. The predicted octanol–water partition coefficient (Wildman–Crippen LogP) is 2.85. The van der Waals surface area contributed by atoms with Gasteiger partial charge in [0, 0.05) is 30.9 Å². The van der Waals surface area contributed by atoms with Gasteiger partial charge >= 0.3 is 0 Å². The number of rotatable bonds is 1. The number of carbonyl (C=O) groups is 1. The minimum Gasteiger partial charge on any atom is -0.489 e. The number of halogens is 2. The van der Waals surface area contributed by atoms with Gasteiger partial charge in [0.2, 0.25) is 5.91 Å². The SMILES string of the molecule is C[C@H]1CN(C(=O)CCl)Cc2cnn3ccc(nc23)N(C)Cc2cc(F)ccc2O1. The zero-order valence-corrected chi connectivity index (χ0v) is 16.9. The number of carbonyl (C=O) groups excluding carboxylic acids is 1. The van der Waals surface area contributed by atoms with E-state index in [0.717, 1.165) is 5.56 Å². The molecule has 2 aromatic heterocycles. The molecular formula is C20H21ClFN5O2. The molecule has 29 heavy (non-hydrogen) atoms. The monoisotopic (exact) mass is 417 g/mol. The van der Waals surface area contributed by atoms with Crippen molar-refractivity contribution in [1.82, 2.24) is 19.5 Å². The van der Waals surface area contributed by atoms with Gasteiger partial charge in [-0.1, -0.05) is 0 Å². The fraction of sp³-hybridized carbons (Fsp3) is 0.350. The first-order valence-corrected chi connectivity index (χ1v) is 9.81. The van der Waals surface area contributed by atoms with E-state index in [1.54, 1.807) is 21.7 Å². The lowest BCUT2D eigenvalue weighted by atomic mass is 10.1. The average Bonchev–Trinajstić information content (AvgIpc) is 3.10. The largest absolute Gasteiger partial charge is 0.489 e. The highest BCUT2D eigenvalue weighted by atomic mass is 35.5. The van der Waals surface area contributed by atoms with Crippen LogP contribution < -0.4 is 9.64 Å². The van der Waals surface area contributed by atoms with Crippen molar-refractivity contribution >= 4 is 29.0 Å². The second-order valence-electron chi connectivity index (χ2n) is 7.17. The van der Waals surface area contributed by atoms with E-state index in [1.165, 1.54) is 12.1 Å². The van der Waals surface area contributed by atoms with Gasteiger partial charge in [0.15, 0.2) is 5.65 Å². The maximum atomic E-state index is 13.9. The second-order valence-corrected chi connectivity index (χ2v) is 7.44. The first kappa shape index (κ1) is 19.4. The molecule has 0 saturated heterocycles. The molecule has 1 aliphatic heterocycles. The summed E-state index contributed by atoms with van der Waals surface area (Å²) in [6.45, 7) is 2.93. The van der Waals surface area contributed by atoms with Gasteiger partial charge in [-0.3, -0.25) is 4.79 Å². The van der Waals surface area contributed by atoms with Crippen LogP contribution in [0.15, 0.2) is 36.7 Å². The van der Waals surface area contributed by atoms with Crippen LogP contribution in [0.4, 0.5) is 10.2 Å². The number of benzene rings is 1. The minimum absolute atomic E-state index is 0.130. The number of alkyl halides is 1. The van der Waals surface area contributed by atoms with Crippen LogP contribution in [0.2, 0.25) is 0 Å². The van der Waals surface area contributed by atoms with Gasteiger partial charge in [0.1, 0.15) is 29.4 Å². The van der Waals surface area contributed by atoms with E-state index in [-0.39, 0.29) is 23.7 Å². The highest BCUT2D eigenvalue weighted by molar-refractivity contribution is 6.27. The van der Waals surface area contributed by atoms with Crippen LogP contribution in [0.1, 0.15) is 18.1 Å². The summed E-state index contributed by atoms with van der Waals surface area (Å²) in [5, 5.41) is 4.33. The summed E-state index contributed by atoms with van der Waals surface area (Å²) in [6.07, 6.45) is 3.20. The normalized spacial score (nSPS) is 17.3. The quantitative estimate of drug-likeness (QED) is 0.570. The third-order valence-electron chi connectivity index (χ3n) is 4.88. The molecule has 1 aromatic carbocycles. The van der Waals surface area contributed by atoms with Gasteiger partial charge < -0.3 is 14.5 Å². The van der Waals surface area contributed by atoms with Crippen molar-refractivity contribution in [3.8, 4) is 5.75 Å². The topological polar surface area (TPSA) is 63.0 Å². The van der Waals surface area contributed by atoms with Crippen LogP contribution in [0.5, 0.6) is 5.75 Å². The Labute approximate surface area is 172 Å². The maximum absolute atomic E-state index is 13.9. The fourth-order valence-corrected chi connectivity index (χ4v) is 3.63. The molecule has 0 radical (unpaired) electrons. The van der Waals surface area contributed by atoms with E-state index in [4.69, 9.17) is 21.3 Å². The molecule has 0 N–H and O–H groups in total. The summed E-state index contributed by atoms with van der Waals surface area (Å²) in [5.74, 6) is 0.612. The molecule has 1 atom stereocenters. The Morgan fingerprint density at radius 2 is 2.14 bits per heavy atom. The van der Waals surface area contributed by atoms with Gasteiger partial charge in [-0.05, 0) is 31.2 Å². The number of hydrogen-bond donors (Lipinski definition) is 0. The molecule has 0 unspecified atom stereocenters. The summed E-state index contributed by atoms with van der Waals surface area (Å²) in [4.78, 5) is 20.7. The Morgan fingerprint density at radius 3 is 2.93 bits per heavy atom. The third-order valence-corrected chi connectivity index (χ3v) is 5.11. The van der Waals surface area contributed by atoms with Gasteiger partial charge in [-0.25, -0.2) is 13.9 Å². The van der Waals surface area contributed by atoms with Crippen LogP contribution in [-0.4, -0.2) is 51.0 Å². The Morgan fingerprint density at radius 1 is 1.31 bits per heavy atom. The minimum atomic E-state index is -0.335. The van der Waals surface area contributed by atoms with E-state index in [2.05, 4.69) is 5.10 Å². The van der Waals surface area contributed by atoms with E-state index in [1.807, 2.05) is 31.1 Å². The van der Waals surface area contributed by atoms with Crippen LogP contribution >= 0.6 is 11.6 Å². The van der Waals surface area contributed by atoms with Gasteiger partial charge in [-0.2, -0.15) is 5.10 Å². The lowest BCUT2D eigenvalue weighted by Gasteiger charge is -2.26. The highest BCUT2D eigenvalue weighted by Gasteiger charge is 2.22. The van der Waals surface area contributed by atoms with Crippen LogP contribution in [0.3, 0.4) is 0 Å². The van der Waals surface area contributed by atoms with E-state index in [0.29, 0.717) is 42.4 Å².